The molecular formula is C15H16BrN5. The molecule has 6 heteroatoms. The second kappa shape index (κ2) is 4.96. The molecule has 1 aliphatic rings. The molecule has 4 rings (SSSR count). The molecule has 0 saturated carbocycles. The maximum absolute atomic E-state index is 6.11. The van der Waals surface area contributed by atoms with Crippen LogP contribution in [0.25, 0.3) is 21.9 Å². The predicted octanol–water partition coefficient (Wildman–Crippen LogP) is 2.92. The van der Waals surface area contributed by atoms with Crippen molar-refractivity contribution < 1.29 is 0 Å². The zero-order valence-corrected chi connectivity index (χ0v) is 13.1. The van der Waals surface area contributed by atoms with Crippen LogP contribution in [-0.4, -0.2) is 28.0 Å². The number of rotatable bonds is 1. The predicted molar refractivity (Wildman–Crippen MR) is 88.4 cm³/mol. The standard InChI is InChI=1S/C15H16BrN5/c16-9-1-2-10-11(7-9)19-14(17)13-12(10)20-15(21-13)8-3-5-18-6-4-8/h1-2,7-8,18H,3-6H2,(H2,17,19)(H,20,21). The van der Waals surface area contributed by atoms with E-state index >= 15 is 0 Å². The zero-order valence-electron chi connectivity index (χ0n) is 11.5. The van der Waals surface area contributed by atoms with Crippen LogP contribution in [0.5, 0.6) is 0 Å². The summed E-state index contributed by atoms with van der Waals surface area (Å²) in [5.41, 5.74) is 8.77. The Morgan fingerprint density at radius 1 is 1.19 bits per heavy atom. The number of nitrogens with one attached hydrogen (secondary N) is 2. The van der Waals surface area contributed by atoms with Crippen LogP contribution < -0.4 is 11.1 Å². The highest BCUT2D eigenvalue weighted by Gasteiger charge is 2.20. The van der Waals surface area contributed by atoms with Crippen molar-refractivity contribution in [3.8, 4) is 0 Å². The van der Waals surface area contributed by atoms with Crippen LogP contribution >= 0.6 is 15.9 Å². The summed E-state index contributed by atoms with van der Waals surface area (Å²) < 4.78 is 0.996. The lowest BCUT2D eigenvalue weighted by Crippen LogP contribution is -2.27. The van der Waals surface area contributed by atoms with Gasteiger partial charge in [0.15, 0.2) is 0 Å². The third-order valence-corrected chi connectivity index (χ3v) is 4.65. The van der Waals surface area contributed by atoms with Crippen LogP contribution in [0.1, 0.15) is 24.6 Å². The van der Waals surface area contributed by atoms with E-state index in [-0.39, 0.29) is 0 Å². The molecule has 3 heterocycles. The minimum atomic E-state index is 0.476. The quantitative estimate of drug-likeness (QED) is 0.633. The van der Waals surface area contributed by atoms with E-state index in [4.69, 9.17) is 10.7 Å². The lowest BCUT2D eigenvalue weighted by atomic mass is 9.98. The SMILES string of the molecule is Nc1nc2cc(Br)ccc2c2nc(C3CCNCC3)[nH]c12. The smallest absolute Gasteiger partial charge is 0.150 e. The fraction of sp³-hybridized carbons (Fsp3) is 0.333. The van der Waals surface area contributed by atoms with Gasteiger partial charge in [-0.05, 0) is 44.1 Å². The number of H-pyrrole nitrogens is 1. The first-order valence-corrected chi connectivity index (χ1v) is 7.97. The Balaban J connectivity index is 1.93. The number of fused-ring (bicyclic) bond motifs is 3. The molecule has 4 N–H and O–H groups in total. The number of hydrogen-bond donors (Lipinski definition) is 3. The van der Waals surface area contributed by atoms with Crippen LogP contribution in [0.15, 0.2) is 22.7 Å². The highest BCUT2D eigenvalue weighted by molar-refractivity contribution is 9.10. The summed E-state index contributed by atoms with van der Waals surface area (Å²) in [7, 11) is 0. The van der Waals surface area contributed by atoms with Crippen LogP contribution in [0, 0.1) is 0 Å². The van der Waals surface area contributed by atoms with Gasteiger partial charge in [-0.2, -0.15) is 0 Å². The first-order chi connectivity index (χ1) is 10.2. The highest BCUT2D eigenvalue weighted by Crippen LogP contribution is 2.31. The molecule has 0 amide bonds. The van der Waals surface area contributed by atoms with Gasteiger partial charge in [0.25, 0.3) is 0 Å². The lowest BCUT2D eigenvalue weighted by Gasteiger charge is -2.20. The Morgan fingerprint density at radius 3 is 2.81 bits per heavy atom. The maximum Gasteiger partial charge on any atom is 0.150 e. The fourth-order valence-electron chi connectivity index (χ4n) is 3.04. The molecule has 2 aromatic heterocycles. The first-order valence-electron chi connectivity index (χ1n) is 7.17. The van der Waals surface area contributed by atoms with Crippen molar-refractivity contribution in [2.24, 2.45) is 0 Å². The third kappa shape index (κ3) is 2.18. The monoisotopic (exact) mass is 345 g/mol. The summed E-state index contributed by atoms with van der Waals surface area (Å²) in [6.45, 7) is 2.09. The summed E-state index contributed by atoms with van der Waals surface area (Å²) in [5, 5.41) is 4.42. The lowest BCUT2D eigenvalue weighted by molar-refractivity contribution is 0.448. The number of halogens is 1. The third-order valence-electron chi connectivity index (χ3n) is 4.16. The average Bonchev–Trinajstić information content (AvgIpc) is 2.94. The van der Waals surface area contributed by atoms with Gasteiger partial charge in [0.05, 0.1) is 5.52 Å². The van der Waals surface area contributed by atoms with Gasteiger partial charge < -0.3 is 16.0 Å². The summed E-state index contributed by atoms with van der Waals surface area (Å²) in [4.78, 5) is 12.7. The van der Waals surface area contributed by atoms with Gasteiger partial charge in [-0.3, -0.25) is 0 Å². The summed E-state index contributed by atoms with van der Waals surface area (Å²) in [6, 6.07) is 6.03. The molecule has 0 unspecified atom stereocenters. The van der Waals surface area contributed by atoms with Crippen LogP contribution in [-0.2, 0) is 0 Å². The molecule has 0 spiro atoms. The number of aromatic nitrogens is 3. The minimum Gasteiger partial charge on any atom is -0.382 e. The van der Waals surface area contributed by atoms with E-state index in [1.54, 1.807) is 0 Å². The topological polar surface area (TPSA) is 79.6 Å². The van der Waals surface area contributed by atoms with Crippen LogP contribution in [0.4, 0.5) is 5.82 Å². The highest BCUT2D eigenvalue weighted by atomic mass is 79.9. The van der Waals surface area contributed by atoms with Gasteiger partial charge in [0.1, 0.15) is 22.7 Å². The number of nitrogens with zero attached hydrogens (tertiary/aromatic N) is 2. The number of pyridine rings is 1. The van der Waals surface area contributed by atoms with E-state index in [2.05, 4.69) is 31.2 Å². The van der Waals surface area contributed by atoms with Gasteiger partial charge in [0, 0.05) is 15.8 Å². The van der Waals surface area contributed by atoms with Crippen molar-refractivity contribution in [3.05, 3.63) is 28.5 Å². The largest absolute Gasteiger partial charge is 0.382 e. The van der Waals surface area contributed by atoms with E-state index in [0.29, 0.717) is 11.7 Å². The van der Waals surface area contributed by atoms with E-state index in [1.807, 2.05) is 18.2 Å². The van der Waals surface area contributed by atoms with Crippen molar-refractivity contribution >= 4 is 43.7 Å². The zero-order chi connectivity index (χ0) is 14.4. The molecule has 0 atom stereocenters. The van der Waals surface area contributed by atoms with E-state index in [9.17, 15) is 0 Å². The number of piperidine rings is 1. The number of hydrogen-bond acceptors (Lipinski definition) is 4. The number of nitrogen functional groups attached to an aromatic ring is 1. The Morgan fingerprint density at radius 2 is 2.00 bits per heavy atom. The van der Waals surface area contributed by atoms with E-state index in [0.717, 1.165) is 58.2 Å². The molecule has 3 aromatic rings. The van der Waals surface area contributed by atoms with E-state index in [1.165, 1.54) is 0 Å². The van der Waals surface area contributed by atoms with Crippen molar-refractivity contribution in [1.82, 2.24) is 20.3 Å². The number of benzene rings is 1. The molecular weight excluding hydrogens is 330 g/mol. The average molecular weight is 346 g/mol. The molecule has 0 radical (unpaired) electrons. The second-order valence-electron chi connectivity index (χ2n) is 5.53. The minimum absolute atomic E-state index is 0.476. The maximum atomic E-state index is 6.11. The molecule has 5 nitrogen and oxygen atoms in total. The Bertz CT molecular complexity index is 820. The molecule has 1 saturated heterocycles. The molecule has 0 aliphatic carbocycles. The van der Waals surface area contributed by atoms with Gasteiger partial charge in [0.2, 0.25) is 0 Å². The fourth-order valence-corrected chi connectivity index (χ4v) is 3.39. The van der Waals surface area contributed by atoms with Crippen molar-refractivity contribution in [2.75, 3.05) is 18.8 Å². The summed E-state index contributed by atoms with van der Waals surface area (Å²) in [6.07, 6.45) is 2.22. The molecule has 0 bridgehead atoms. The Labute approximate surface area is 130 Å². The molecule has 1 fully saturated rings. The molecule has 21 heavy (non-hydrogen) atoms. The molecule has 1 aromatic carbocycles. The number of imidazole rings is 1. The van der Waals surface area contributed by atoms with Gasteiger partial charge in [-0.1, -0.05) is 15.9 Å². The van der Waals surface area contributed by atoms with Crippen molar-refractivity contribution in [1.29, 1.82) is 0 Å². The van der Waals surface area contributed by atoms with Gasteiger partial charge >= 0.3 is 0 Å². The first kappa shape index (κ1) is 13.0. The second-order valence-corrected chi connectivity index (χ2v) is 6.44. The Hall–Kier alpha value is -1.66. The van der Waals surface area contributed by atoms with Gasteiger partial charge in [-0.15, -0.1) is 0 Å². The van der Waals surface area contributed by atoms with Crippen molar-refractivity contribution in [3.63, 3.8) is 0 Å². The Kier molecular flexibility index (Phi) is 3.08. The van der Waals surface area contributed by atoms with Crippen molar-refractivity contribution in [2.45, 2.75) is 18.8 Å². The number of nitrogens with two attached hydrogens (primary N) is 1. The number of anilines is 1. The van der Waals surface area contributed by atoms with E-state index < -0.39 is 0 Å². The normalized spacial score (nSPS) is 16.8. The van der Waals surface area contributed by atoms with Crippen LogP contribution in [0.2, 0.25) is 0 Å². The number of aromatic amines is 1. The van der Waals surface area contributed by atoms with Crippen LogP contribution in [0.3, 0.4) is 0 Å². The molecule has 108 valence electrons. The summed E-state index contributed by atoms with van der Waals surface area (Å²) in [5.74, 6) is 2.03. The summed E-state index contributed by atoms with van der Waals surface area (Å²) >= 11 is 3.47. The molecule has 1 aliphatic heterocycles. The van der Waals surface area contributed by atoms with Gasteiger partial charge in [-0.25, -0.2) is 9.97 Å².